The molecular weight excluding hydrogens is 340 g/mol. The van der Waals surface area contributed by atoms with Crippen LogP contribution in [-0.4, -0.2) is 31.8 Å². The highest BCUT2D eigenvalue weighted by atomic mass is 32.1. The zero-order chi connectivity index (χ0) is 18.2. The molecule has 0 atom stereocenters. The lowest BCUT2D eigenvalue weighted by atomic mass is 10.2. The van der Waals surface area contributed by atoms with Crippen molar-refractivity contribution in [3.8, 4) is 17.2 Å². The zero-order valence-corrected chi connectivity index (χ0v) is 15.1. The standard InChI is InChI=1S/C18H20N2O4S/c1-4-24-14-8-6-5-7-13(14)17(21)20-18(25)19-12-9-10-15(22-2)16(11-12)23-3/h5-11H,4H2,1-3H3,(H2,19,20,21,25). The van der Waals surface area contributed by atoms with E-state index < -0.39 is 0 Å². The molecule has 0 unspecified atom stereocenters. The van der Waals surface area contributed by atoms with E-state index in [1.165, 1.54) is 0 Å². The smallest absolute Gasteiger partial charge is 0.261 e. The molecule has 0 spiro atoms. The first-order valence-corrected chi connectivity index (χ1v) is 8.06. The Labute approximate surface area is 152 Å². The molecule has 0 aliphatic heterocycles. The second-order valence-corrected chi connectivity index (χ2v) is 5.32. The largest absolute Gasteiger partial charge is 0.493 e. The van der Waals surface area contributed by atoms with Gasteiger partial charge in [-0.3, -0.25) is 10.1 Å². The van der Waals surface area contributed by atoms with Crippen LogP contribution in [0.1, 0.15) is 17.3 Å². The van der Waals surface area contributed by atoms with E-state index in [-0.39, 0.29) is 11.0 Å². The minimum absolute atomic E-state index is 0.170. The van der Waals surface area contributed by atoms with E-state index in [0.29, 0.717) is 35.1 Å². The number of nitrogens with one attached hydrogen (secondary N) is 2. The van der Waals surface area contributed by atoms with Gasteiger partial charge >= 0.3 is 0 Å². The molecule has 0 bridgehead atoms. The highest BCUT2D eigenvalue weighted by Gasteiger charge is 2.13. The molecule has 0 saturated carbocycles. The Hall–Kier alpha value is -2.80. The maximum atomic E-state index is 12.4. The summed E-state index contributed by atoms with van der Waals surface area (Å²) < 4.78 is 15.9. The van der Waals surface area contributed by atoms with E-state index in [1.54, 1.807) is 50.6 Å². The number of para-hydroxylation sites is 1. The number of carbonyl (C=O) groups is 1. The van der Waals surface area contributed by atoms with Crippen LogP contribution in [0.5, 0.6) is 17.2 Å². The second-order valence-electron chi connectivity index (χ2n) is 4.91. The molecule has 132 valence electrons. The molecule has 0 aliphatic rings. The van der Waals surface area contributed by atoms with Gasteiger partial charge in [0.05, 0.1) is 26.4 Å². The Balaban J connectivity index is 2.06. The van der Waals surface area contributed by atoms with Crippen LogP contribution in [-0.2, 0) is 0 Å². The number of hydrogen-bond donors (Lipinski definition) is 2. The number of methoxy groups -OCH3 is 2. The van der Waals surface area contributed by atoms with Gasteiger partial charge in [-0.05, 0) is 43.4 Å². The van der Waals surface area contributed by atoms with Gasteiger partial charge in [0.1, 0.15) is 5.75 Å². The fourth-order valence-corrected chi connectivity index (χ4v) is 2.39. The van der Waals surface area contributed by atoms with Crippen molar-refractivity contribution in [3.63, 3.8) is 0 Å². The van der Waals surface area contributed by atoms with Crippen molar-refractivity contribution in [2.24, 2.45) is 0 Å². The van der Waals surface area contributed by atoms with Crippen molar-refractivity contribution in [3.05, 3.63) is 48.0 Å². The van der Waals surface area contributed by atoms with Gasteiger partial charge in [0.25, 0.3) is 5.91 Å². The molecule has 6 nitrogen and oxygen atoms in total. The molecule has 0 heterocycles. The number of rotatable bonds is 6. The summed E-state index contributed by atoms with van der Waals surface area (Å²) in [6.07, 6.45) is 0. The number of thiocarbonyl (C=S) groups is 1. The highest BCUT2D eigenvalue weighted by Crippen LogP contribution is 2.29. The van der Waals surface area contributed by atoms with E-state index in [9.17, 15) is 4.79 Å². The molecule has 7 heteroatoms. The maximum Gasteiger partial charge on any atom is 0.261 e. The van der Waals surface area contributed by atoms with Gasteiger partial charge in [-0.1, -0.05) is 12.1 Å². The van der Waals surface area contributed by atoms with Crippen molar-refractivity contribution >= 4 is 28.9 Å². The zero-order valence-electron chi connectivity index (χ0n) is 14.3. The summed E-state index contributed by atoms with van der Waals surface area (Å²) in [5, 5.41) is 5.75. The van der Waals surface area contributed by atoms with Crippen LogP contribution in [0.4, 0.5) is 5.69 Å². The van der Waals surface area contributed by atoms with Gasteiger partial charge < -0.3 is 19.5 Å². The quantitative estimate of drug-likeness (QED) is 0.771. The molecule has 2 rings (SSSR count). The minimum atomic E-state index is -0.345. The van der Waals surface area contributed by atoms with Crippen molar-refractivity contribution < 1.29 is 19.0 Å². The molecule has 0 aromatic heterocycles. The van der Waals surface area contributed by atoms with E-state index in [1.807, 2.05) is 13.0 Å². The van der Waals surface area contributed by atoms with Crippen molar-refractivity contribution in [2.75, 3.05) is 26.1 Å². The van der Waals surface area contributed by atoms with Crippen LogP contribution in [0.15, 0.2) is 42.5 Å². The fourth-order valence-electron chi connectivity index (χ4n) is 2.18. The third-order valence-electron chi connectivity index (χ3n) is 3.30. The summed E-state index contributed by atoms with van der Waals surface area (Å²) in [5.74, 6) is 1.33. The SMILES string of the molecule is CCOc1ccccc1C(=O)NC(=S)Nc1ccc(OC)c(OC)c1. The summed E-state index contributed by atoms with van der Waals surface area (Å²) in [6.45, 7) is 2.33. The molecule has 25 heavy (non-hydrogen) atoms. The van der Waals surface area contributed by atoms with E-state index >= 15 is 0 Å². The number of amides is 1. The average molecular weight is 360 g/mol. The Morgan fingerprint density at radius 1 is 1.04 bits per heavy atom. The topological polar surface area (TPSA) is 68.8 Å². The third-order valence-corrected chi connectivity index (χ3v) is 3.50. The number of anilines is 1. The predicted molar refractivity (Wildman–Crippen MR) is 101 cm³/mol. The van der Waals surface area contributed by atoms with E-state index in [0.717, 1.165) is 0 Å². The van der Waals surface area contributed by atoms with Crippen molar-refractivity contribution in [2.45, 2.75) is 6.92 Å². The van der Waals surface area contributed by atoms with Crippen LogP contribution in [0.25, 0.3) is 0 Å². The lowest BCUT2D eigenvalue weighted by Gasteiger charge is -2.13. The average Bonchev–Trinajstić information content (AvgIpc) is 2.62. The molecule has 0 saturated heterocycles. The minimum Gasteiger partial charge on any atom is -0.493 e. The molecule has 0 fully saturated rings. The second kappa shape index (κ2) is 8.89. The van der Waals surface area contributed by atoms with Crippen molar-refractivity contribution in [1.82, 2.24) is 5.32 Å². The number of hydrogen-bond acceptors (Lipinski definition) is 5. The molecule has 2 N–H and O–H groups in total. The lowest BCUT2D eigenvalue weighted by Crippen LogP contribution is -2.34. The van der Waals surface area contributed by atoms with Crippen molar-refractivity contribution in [1.29, 1.82) is 0 Å². The summed E-state index contributed by atoms with van der Waals surface area (Å²) in [6, 6.07) is 12.2. The number of benzene rings is 2. The molecule has 1 amide bonds. The highest BCUT2D eigenvalue weighted by molar-refractivity contribution is 7.80. The number of ether oxygens (including phenoxy) is 3. The van der Waals surface area contributed by atoms with Gasteiger partial charge in [-0.2, -0.15) is 0 Å². The predicted octanol–water partition coefficient (Wildman–Crippen LogP) is 3.23. The molecule has 0 radical (unpaired) electrons. The molecular formula is C18H20N2O4S. The van der Waals surface area contributed by atoms with Crippen LogP contribution in [0, 0.1) is 0 Å². The first kappa shape index (κ1) is 18.5. The van der Waals surface area contributed by atoms with Gasteiger partial charge in [-0.25, -0.2) is 0 Å². The monoisotopic (exact) mass is 360 g/mol. The fraction of sp³-hybridized carbons (Fsp3) is 0.222. The Morgan fingerprint density at radius 2 is 1.76 bits per heavy atom. The Morgan fingerprint density at radius 3 is 2.44 bits per heavy atom. The summed E-state index contributed by atoms with van der Waals surface area (Å²) in [5.41, 5.74) is 1.09. The van der Waals surface area contributed by atoms with Crippen LogP contribution in [0.2, 0.25) is 0 Å². The molecule has 2 aromatic rings. The van der Waals surface area contributed by atoms with Gasteiger partial charge in [0.15, 0.2) is 16.6 Å². The summed E-state index contributed by atoms with van der Waals surface area (Å²) >= 11 is 5.20. The van der Waals surface area contributed by atoms with Crippen LogP contribution < -0.4 is 24.8 Å². The van der Waals surface area contributed by atoms with Gasteiger partial charge in [0.2, 0.25) is 0 Å². The molecule has 2 aromatic carbocycles. The van der Waals surface area contributed by atoms with Gasteiger partial charge in [-0.15, -0.1) is 0 Å². The normalized spacial score (nSPS) is 9.88. The van der Waals surface area contributed by atoms with Gasteiger partial charge in [0, 0.05) is 11.8 Å². The molecule has 0 aliphatic carbocycles. The van der Waals surface area contributed by atoms with E-state index in [4.69, 9.17) is 26.4 Å². The number of carbonyl (C=O) groups excluding carboxylic acids is 1. The first-order valence-electron chi connectivity index (χ1n) is 7.65. The first-order chi connectivity index (χ1) is 12.1. The van der Waals surface area contributed by atoms with Crippen LogP contribution in [0.3, 0.4) is 0 Å². The maximum absolute atomic E-state index is 12.4. The van der Waals surface area contributed by atoms with E-state index in [2.05, 4.69) is 10.6 Å². The Bertz CT molecular complexity index is 764. The summed E-state index contributed by atoms with van der Waals surface area (Å²) in [4.78, 5) is 12.4. The van der Waals surface area contributed by atoms with Crippen LogP contribution >= 0.6 is 12.2 Å². The summed E-state index contributed by atoms with van der Waals surface area (Å²) in [7, 11) is 3.11. The Kier molecular flexibility index (Phi) is 6.59. The lowest BCUT2D eigenvalue weighted by molar-refractivity contribution is 0.0974. The third kappa shape index (κ3) is 4.84.